The molecule has 0 atom stereocenters. The van der Waals surface area contributed by atoms with E-state index in [1.54, 1.807) is 31.4 Å². The van der Waals surface area contributed by atoms with Crippen LogP contribution in [0, 0.1) is 0 Å². The standard InChI is InChI=1S/C15H23N3O3/c1-11(2)18-14(19)10-17-13-6-4-12(5-7-13)15(20)16-8-9-21-3/h4-7,11,17H,8-10H2,1-3H3,(H,16,20)(H,18,19). The molecule has 0 aromatic heterocycles. The van der Waals surface area contributed by atoms with Gasteiger partial charge in [-0.1, -0.05) is 0 Å². The van der Waals surface area contributed by atoms with Crippen molar-refractivity contribution in [2.45, 2.75) is 19.9 Å². The van der Waals surface area contributed by atoms with Crippen LogP contribution in [0.25, 0.3) is 0 Å². The molecule has 1 aromatic rings. The Morgan fingerprint density at radius 1 is 1.19 bits per heavy atom. The molecule has 3 N–H and O–H groups in total. The highest BCUT2D eigenvalue weighted by atomic mass is 16.5. The van der Waals surface area contributed by atoms with Crippen molar-refractivity contribution in [3.8, 4) is 0 Å². The fraction of sp³-hybridized carbons (Fsp3) is 0.467. The number of amides is 2. The second-order valence-corrected chi connectivity index (χ2v) is 4.90. The lowest BCUT2D eigenvalue weighted by Gasteiger charge is -2.10. The van der Waals surface area contributed by atoms with E-state index in [1.807, 2.05) is 13.8 Å². The van der Waals surface area contributed by atoms with Crippen molar-refractivity contribution >= 4 is 17.5 Å². The van der Waals surface area contributed by atoms with E-state index in [0.717, 1.165) is 5.69 Å². The molecule has 21 heavy (non-hydrogen) atoms. The summed E-state index contributed by atoms with van der Waals surface area (Å²) in [5.41, 5.74) is 1.37. The first-order valence-corrected chi connectivity index (χ1v) is 6.93. The van der Waals surface area contributed by atoms with Crippen molar-refractivity contribution < 1.29 is 14.3 Å². The fourth-order valence-electron chi connectivity index (χ4n) is 1.66. The van der Waals surface area contributed by atoms with E-state index in [9.17, 15) is 9.59 Å². The molecule has 0 spiro atoms. The van der Waals surface area contributed by atoms with Crippen LogP contribution < -0.4 is 16.0 Å². The molecule has 1 rings (SSSR count). The molecule has 0 heterocycles. The van der Waals surface area contributed by atoms with Crippen molar-refractivity contribution in [2.75, 3.05) is 32.1 Å². The smallest absolute Gasteiger partial charge is 0.251 e. The second-order valence-electron chi connectivity index (χ2n) is 4.90. The van der Waals surface area contributed by atoms with E-state index >= 15 is 0 Å². The Balaban J connectivity index is 2.43. The molecule has 0 bridgehead atoms. The zero-order valence-electron chi connectivity index (χ0n) is 12.7. The molecule has 0 aliphatic rings. The molecule has 0 saturated heterocycles. The molecular formula is C15H23N3O3. The second kappa shape index (κ2) is 8.97. The molecule has 0 aliphatic heterocycles. The quantitative estimate of drug-likeness (QED) is 0.625. The number of carbonyl (C=O) groups excluding carboxylic acids is 2. The molecule has 2 amide bonds. The molecule has 116 valence electrons. The van der Waals surface area contributed by atoms with Crippen molar-refractivity contribution in [3.63, 3.8) is 0 Å². The van der Waals surface area contributed by atoms with Crippen LogP contribution in [0.2, 0.25) is 0 Å². The summed E-state index contributed by atoms with van der Waals surface area (Å²) in [6.07, 6.45) is 0. The Morgan fingerprint density at radius 3 is 2.43 bits per heavy atom. The fourth-order valence-corrected chi connectivity index (χ4v) is 1.66. The summed E-state index contributed by atoms with van der Waals surface area (Å²) < 4.78 is 4.87. The highest BCUT2D eigenvalue weighted by Crippen LogP contribution is 2.09. The Morgan fingerprint density at radius 2 is 1.86 bits per heavy atom. The van der Waals surface area contributed by atoms with E-state index in [2.05, 4.69) is 16.0 Å². The molecule has 0 fully saturated rings. The molecule has 1 aromatic carbocycles. The Kier molecular flexibility index (Phi) is 7.25. The molecule has 0 saturated carbocycles. The maximum Gasteiger partial charge on any atom is 0.251 e. The summed E-state index contributed by atoms with van der Waals surface area (Å²) in [5, 5.41) is 8.54. The summed E-state index contributed by atoms with van der Waals surface area (Å²) in [6.45, 7) is 4.99. The van der Waals surface area contributed by atoms with E-state index < -0.39 is 0 Å². The van der Waals surface area contributed by atoms with Crippen molar-refractivity contribution in [2.24, 2.45) is 0 Å². The third-order valence-electron chi connectivity index (χ3n) is 2.64. The zero-order chi connectivity index (χ0) is 15.7. The number of hydrogen-bond acceptors (Lipinski definition) is 4. The lowest BCUT2D eigenvalue weighted by molar-refractivity contribution is -0.119. The molecule has 0 radical (unpaired) electrons. The van der Waals surface area contributed by atoms with Crippen LogP contribution in [0.4, 0.5) is 5.69 Å². The van der Waals surface area contributed by atoms with Gasteiger partial charge in [-0.25, -0.2) is 0 Å². The van der Waals surface area contributed by atoms with Gasteiger partial charge in [0, 0.05) is 30.9 Å². The van der Waals surface area contributed by atoms with Gasteiger partial charge in [0.25, 0.3) is 5.91 Å². The first kappa shape index (κ1) is 17.0. The van der Waals surface area contributed by atoms with Gasteiger partial charge >= 0.3 is 0 Å². The summed E-state index contributed by atoms with van der Waals surface area (Å²) in [4.78, 5) is 23.3. The predicted molar refractivity (Wildman–Crippen MR) is 82.4 cm³/mol. The van der Waals surface area contributed by atoms with Crippen LogP contribution in [0.1, 0.15) is 24.2 Å². The van der Waals surface area contributed by atoms with Crippen LogP contribution in [0.3, 0.4) is 0 Å². The van der Waals surface area contributed by atoms with Crippen LogP contribution in [0.5, 0.6) is 0 Å². The third kappa shape index (κ3) is 6.76. The van der Waals surface area contributed by atoms with Gasteiger partial charge < -0.3 is 20.7 Å². The molecule has 0 aliphatic carbocycles. The van der Waals surface area contributed by atoms with Crippen LogP contribution in [0.15, 0.2) is 24.3 Å². The largest absolute Gasteiger partial charge is 0.383 e. The van der Waals surface area contributed by atoms with E-state index in [1.165, 1.54) is 0 Å². The number of ether oxygens (including phenoxy) is 1. The molecule has 0 unspecified atom stereocenters. The summed E-state index contributed by atoms with van der Waals surface area (Å²) >= 11 is 0. The minimum Gasteiger partial charge on any atom is -0.383 e. The van der Waals surface area contributed by atoms with Crippen molar-refractivity contribution in [3.05, 3.63) is 29.8 Å². The zero-order valence-corrected chi connectivity index (χ0v) is 12.7. The van der Waals surface area contributed by atoms with Crippen LogP contribution >= 0.6 is 0 Å². The normalized spacial score (nSPS) is 10.3. The number of benzene rings is 1. The number of anilines is 1. The van der Waals surface area contributed by atoms with Crippen LogP contribution in [-0.4, -0.2) is 44.7 Å². The predicted octanol–water partition coefficient (Wildman–Crippen LogP) is 0.999. The first-order valence-electron chi connectivity index (χ1n) is 6.93. The van der Waals surface area contributed by atoms with Gasteiger partial charge in [0.15, 0.2) is 0 Å². The summed E-state index contributed by atoms with van der Waals surface area (Å²) in [7, 11) is 1.59. The van der Waals surface area contributed by atoms with E-state index in [-0.39, 0.29) is 24.4 Å². The maximum atomic E-state index is 11.8. The average Bonchev–Trinajstić information content (AvgIpc) is 2.45. The topological polar surface area (TPSA) is 79.5 Å². The lowest BCUT2D eigenvalue weighted by atomic mass is 10.2. The lowest BCUT2D eigenvalue weighted by Crippen LogP contribution is -2.34. The molecule has 6 heteroatoms. The summed E-state index contributed by atoms with van der Waals surface area (Å²) in [5.74, 6) is -0.206. The van der Waals surface area contributed by atoms with E-state index in [0.29, 0.717) is 18.7 Å². The molecule has 6 nitrogen and oxygen atoms in total. The summed E-state index contributed by atoms with van der Waals surface area (Å²) in [6, 6.07) is 7.09. The SMILES string of the molecule is COCCNC(=O)c1ccc(NCC(=O)NC(C)C)cc1. The molecular weight excluding hydrogens is 270 g/mol. The number of nitrogens with one attached hydrogen (secondary N) is 3. The first-order chi connectivity index (χ1) is 10.0. The highest BCUT2D eigenvalue weighted by molar-refractivity contribution is 5.94. The Bertz CT molecular complexity index is 458. The minimum absolute atomic E-state index is 0.0635. The van der Waals surface area contributed by atoms with Gasteiger partial charge in [0.2, 0.25) is 5.91 Å². The van der Waals surface area contributed by atoms with E-state index in [4.69, 9.17) is 4.74 Å². The maximum absolute atomic E-state index is 11.8. The highest BCUT2D eigenvalue weighted by Gasteiger charge is 2.06. The van der Waals surface area contributed by atoms with Crippen molar-refractivity contribution in [1.82, 2.24) is 10.6 Å². The van der Waals surface area contributed by atoms with Gasteiger partial charge in [-0.2, -0.15) is 0 Å². The Hall–Kier alpha value is -2.08. The third-order valence-corrected chi connectivity index (χ3v) is 2.64. The van der Waals surface area contributed by atoms with Gasteiger partial charge in [-0.15, -0.1) is 0 Å². The van der Waals surface area contributed by atoms with Gasteiger partial charge in [-0.3, -0.25) is 9.59 Å². The average molecular weight is 293 g/mol. The van der Waals surface area contributed by atoms with Crippen LogP contribution in [-0.2, 0) is 9.53 Å². The Labute approximate surface area is 125 Å². The number of carbonyl (C=O) groups is 2. The van der Waals surface area contributed by atoms with Gasteiger partial charge in [0.1, 0.15) is 0 Å². The number of hydrogen-bond donors (Lipinski definition) is 3. The monoisotopic (exact) mass is 293 g/mol. The van der Waals surface area contributed by atoms with Gasteiger partial charge in [-0.05, 0) is 38.1 Å². The van der Waals surface area contributed by atoms with Gasteiger partial charge in [0.05, 0.1) is 13.2 Å². The minimum atomic E-state index is -0.142. The number of rotatable bonds is 8. The van der Waals surface area contributed by atoms with Crippen molar-refractivity contribution in [1.29, 1.82) is 0 Å². The number of methoxy groups -OCH3 is 1.